The Balaban J connectivity index is 0.000000141. The first kappa shape index (κ1) is 54.2. The number of benzene rings is 14. The molecule has 4 aromatic heterocycles. The van der Waals surface area contributed by atoms with Crippen LogP contribution in [0.15, 0.2) is 291 Å². The summed E-state index contributed by atoms with van der Waals surface area (Å²) in [5.74, 6) is 3.92. The van der Waals surface area contributed by atoms with Gasteiger partial charge in [0.1, 0.15) is 23.3 Å². The lowest BCUT2D eigenvalue weighted by Gasteiger charge is -2.11. The van der Waals surface area contributed by atoms with Crippen LogP contribution >= 0.6 is 0 Å². The maximum atomic E-state index is 4.88. The third-order valence-corrected chi connectivity index (χ3v) is 18.7. The van der Waals surface area contributed by atoms with E-state index in [9.17, 15) is 0 Å². The summed E-state index contributed by atoms with van der Waals surface area (Å²) in [7, 11) is 8.32. The predicted octanol–water partition coefficient (Wildman–Crippen LogP) is 20.9. The third kappa shape index (κ3) is 9.38. The summed E-state index contributed by atoms with van der Waals surface area (Å²) in [6.07, 6.45) is 0. The number of hydrogen-bond acceptors (Lipinski definition) is 4. The summed E-state index contributed by atoms with van der Waals surface area (Å²) in [6, 6.07) is 104. The third-order valence-electron chi connectivity index (χ3n) is 18.7. The van der Waals surface area contributed by atoms with Gasteiger partial charge in [0.25, 0.3) is 0 Å². The van der Waals surface area contributed by atoms with Gasteiger partial charge in [0.15, 0.2) is 0 Å². The minimum Gasteiger partial charge on any atom is -0.327 e. The molecule has 0 N–H and O–H groups in total. The van der Waals surface area contributed by atoms with Crippen molar-refractivity contribution in [2.24, 2.45) is 28.2 Å². The molecule has 0 spiro atoms. The quantitative estimate of drug-likeness (QED) is 0.142. The van der Waals surface area contributed by atoms with Gasteiger partial charge >= 0.3 is 0 Å². The predicted molar refractivity (Wildman–Crippen MR) is 383 cm³/mol. The van der Waals surface area contributed by atoms with E-state index in [0.717, 1.165) is 89.7 Å². The van der Waals surface area contributed by atoms with Gasteiger partial charge in [-0.25, -0.2) is 19.9 Å². The Labute approximate surface area is 531 Å². The number of imidazole rings is 4. The number of aryl methyl sites for hydroxylation is 4. The first-order valence-corrected chi connectivity index (χ1v) is 31.2. The standard InChI is InChI=1S/2C42H30N4/c1-45-39-9-5-3-7-37(39)43-41(45)31-19-11-27(12-20-31)33-23-17-29-15-16-30-18-24-34(26-36(30)35(29)25-33)28-13-21-32(22-14-28)42-44-38-8-4-6-10-40(38)46(42)2;1-45-39-9-5-3-7-37(39)43-41(45)29-15-11-27(12-16-29)31-21-23-35-33(25-31)19-20-34-26-32(22-24-36(34)35)28-13-17-30(18-14-28)42-44-38-8-4-6-10-40(38)46(42)2/h2*3-26H,1-2H3. The largest absolute Gasteiger partial charge is 0.327 e. The van der Waals surface area contributed by atoms with Crippen LogP contribution in [0.1, 0.15) is 0 Å². The highest BCUT2D eigenvalue weighted by molar-refractivity contribution is 6.11. The fourth-order valence-corrected chi connectivity index (χ4v) is 13.7. The molecule has 18 rings (SSSR count). The Kier molecular flexibility index (Phi) is 12.9. The number of hydrogen-bond donors (Lipinski definition) is 0. The van der Waals surface area contributed by atoms with E-state index in [-0.39, 0.29) is 0 Å². The molecule has 0 saturated heterocycles. The van der Waals surface area contributed by atoms with Crippen molar-refractivity contribution in [3.05, 3.63) is 291 Å². The highest BCUT2D eigenvalue weighted by atomic mass is 15.1. The Bertz CT molecular complexity index is 5540. The molecular formula is C84H60N8. The van der Waals surface area contributed by atoms with E-state index < -0.39 is 0 Å². The number of rotatable bonds is 8. The minimum atomic E-state index is 0.978. The van der Waals surface area contributed by atoms with E-state index in [2.05, 4.69) is 313 Å². The molecule has 8 nitrogen and oxygen atoms in total. The van der Waals surface area contributed by atoms with E-state index in [0.29, 0.717) is 0 Å². The zero-order valence-electron chi connectivity index (χ0n) is 51.3. The molecule has 92 heavy (non-hydrogen) atoms. The van der Waals surface area contributed by atoms with E-state index in [1.807, 2.05) is 24.3 Å². The summed E-state index contributed by atoms with van der Waals surface area (Å²) in [4.78, 5) is 19.5. The number of nitrogens with zero attached hydrogens (tertiary/aromatic N) is 8. The van der Waals surface area contributed by atoms with E-state index in [1.165, 1.54) is 87.6 Å². The van der Waals surface area contributed by atoms with Crippen LogP contribution in [-0.4, -0.2) is 38.2 Å². The van der Waals surface area contributed by atoms with Crippen molar-refractivity contribution in [2.75, 3.05) is 0 Å². The molecule has 0 atom stereocenters. The fourth-order valence-electron chi connectivity index (χ4n) is 13.7. The van der Waals surface area contributed by atoms with Gasteiger partial charge in [-0.2, -0.15) is 0 Å². The SMILES string of the molecule is Cn1c(-c2ccc(-c3ccc4c(ccc5cc(-c6ccc(-c7nc8ccccc8n7C)cc6)ccc54)c3)cc2)nc2ccccc21.Cn1c(-c2ccc(-c3ccc4ccc5ccc(-c6ccc(-c7nc8ccccc8n7C)cc6)cc5c4c3)cc2)nc2ccccc21. The van der Waals surface area contributed by atoms with Gasteiger partial charge in [-0.1, -0.05) is 218 Å². The molecule has 0 radical (unpaired) electrons. The van der Waals surface area contributed by atoms with Crippen molar-refractivity contribution >= 4 is 87.2 Å². The first-order chi connectivity index (χ1) is 45.2. The Hall–Kier alpha value is -12.0. The van der Waals surface area contributed by atoms with Gasteiger partial charge in [0.2, 0.25) is 0 Å². The molecule has 0 fully saturated rings. The molecule has 0 amide bonds. The Morgan fingerprint density at radius 2 is 0.402 bits per heavy atom. The summed E-state index contributed by atoms with van der Waals surface area (Å²) in [6.45, 7) is 0. The van der Waals surface area contributed by atoms with E-state index >= 15 is 0 Å². The van der Waals surface area contributed by atoms with Gasteiger partial charge in [-0.05, 0) is 160 Å². The monoisotopic (exact) mass is 1180 g/mol. The lowest BCUT2D eigenvalue weighted by Crippen LogP contribution is -1.92. The zero-order chi connectivity index (χ0) is 61.6. The maximum Gasteiger partial charge on any atom is 0.140 e. The molecule has 0 unspecified atom stereocenters. The van der Waals surface area contributed by atoms with Crippen LogP contribution in [0.4, 0.5) is 0 Å². The van der Waals surface area contributed by atoms with Gasteiger partial charge in [0.05, 0.1) is 44.1 Å². The zero-order valence-corrected chi connectivity index (χ0v) is 51.3. The lowest BCUT2D eigenvalue weighted by molar-refractivity contribution is 0.959. The molecule has 8 heteroatoms. The van der Waals surface area contributed by atoms with Crippen LogP contribution in [0, 0.1) is 0 Å². The van der Waals surface area contributed by atoms with Crippen LogP contribution in [0.25, 0.3) is 177 Å². The second-order valence-corrected chi connectivity index (χ2v) is 24.1. The molecule has 0 aliphatic carbocycles. The molecule has 18 aromatic rings. The van der Waals surface area contributed by atoms with Crippen molar-refractivity contribution in [3.63, 3.8) is 0 Å². The molecule has 436 valence electrons. The normalized spacial score (nSPS) is 11.7. The topological polar surface area (TPSA) is 71.3 Å². The van der Waals surface area contributed by atoms with Crippen molar-refractivity contribution in [1.29, 1.82) is 0 Å². The Morgan fingerprint density at radius 1 is 0.185 bits per heavy atom. The van der Waals surface area contributed by atoms with Crippen molar-refractivity contribution in [1.82, 2.24) is 38.2 Å². The number of aromatic nitrogens is 8. The van der Waals surface area contributed by atoms with Crippen LogP contribution in [0.5, 0.6) is 0 Å². The summed E-state index contributed by atoms with van der Waals surface area (Å²) < 4.78 is 8.65. The van der Waals surface area contributed by atoms with Crippen LogP contribution in [0.3, 0.4) is 0 Å². The molecule has 0 saturated carbocycles. The van der Waals surface area contributed by atoms with Crippen molar-refractivity contribution in [3.8, 4) is 90.1 Å². The highest BCUT2D eigenvalue weighted by Crippen LogP contribution is 2.38. The molecular weight excluding hydrogens is 1120 g/mol. The van der Waals surface area contributed by atoms with Gasteiger partial charge in [0, 0.05) is 50.4 Å². The summed E-state index contributed by atoms with van der Waals surface area (Å²) >= 11 is 0. The van der Waals surface area contributed by atoms with E-state index in [1.54, 1.807) is 0 Å². The van der Waals surface area contributed by atoms with Crippen LogP contribution in [-0.2, 0) is 28.2 Å². The molecule has 4 heterocycles. The second kappa shape index (κ2) is 21.9. The second-order valence-electron chi connectivity index (χ2n) is 24.1. The lowest BCUT2D eigenvalue weighted by atomic mass is 9.94. The maximum absolute atomic E-state index is 4.88. The smallest absolute Gasteiger partial charge is 0.140 e. The fraction of sp³-hybridized carbons (Fsp3) is 0.0476. The first-order valence-electron chi connectivity index (χ1n) is 31.2. The average molecular weight is 1180 g/mol. The minimum absolute atomic E-state index is 0.978. The van der Waals surface area contributed by atoms with Gasteiger partial charge in [-0.15, -0.1) is 0 Å². The molecule has 0 aliphatic rings. The molecule has 0 aliphatic heterocycles. The molecule has 0 bridgehead atoms. The van der Waals surface area contributed by atoms with Crippen LogP contribution < -0.4 is 0 Å². The van der Waals surface area contributed by atoms with Crippen LogP contribution in [0.2, 0.25) is 0 Å². The van der Waals surface area contributed by atoms with Gasteiger partial charge < -0.3 is 18.3 Å². The van der Waals surface area contributed by atoms with Crippen molar-refractivity contribution in [2.45, 2.75) is 0 Å². The van der Waals surface area contributed by atoms with Crippen molar-refractivity contribution < 1.29 is 0 Å². The van der Waals surface area contributed by atoms with Gasteiger partial charge in [-0.3, -0.25) is 0 Å². The highest BCUT2D eigenvalue weighted by Gasteiger charge is 2.16. The molecule has 14 aromatic carbocycles. The Morgan fingerprint density at radius 3 is 0.685 bits per heavy atom. The summed E-state index contributed by atoms with van der Waals surface area (Å²) in [5, 5.41) is 10.00. The summed E-state index contributed by atoms with van der Waals surface area (Å²) in [5.41, 5.74) is 22.7. The number of para-hydroxylation sites is 8. The van der Waals surface area contributed by atoms with E-state index in [4.69, 9.17) is 19.9 Å². The average Bonchev–Trinajstić information content (AvgIpc) is 1.39. The number of fused-ring (bicyclic) bond motifs is 10.